The summed E-state index contributed by atoms with van der Waals surface area (Å²) < 4.78 is 4.66. The molecule has 0 radical (unpaired) electrons. The first-order valence-electron chi connectivity index (χ1n) is 4.43. The maximum Gasteiger partial charge on any atom is 0.310 e. The van der Waals surface area contributed by atoms with Crippen molar-refractivity contribution in [1.29, 1.82) is 0 Å². The van der Waals surface area contributed by atoms with Gasteiger partial charge in [-0.2, -0.15) is 0 Å². The van der Waals surface area contributed by atoms with Gasteiger partial charge in [-0.3, -0.25) is 9.59 Å². The number of nitrogens with zero attached hydrogens (tertiary/aromatic N) is 1. The molecule has 1 heterocycles. The number of amides is 1. The maximum absolute atomic E-state index is 11.2. The predicted molar refractivity (Wildman–Crippen MR) is 47.0 cm³/mol. The molecule has 0 saturated carbocycles. The largest absolute Gasteiger partial charge is 0.469 e. The SMILES string of the molecule is COC(=O)C1CCN(C(C)=O)C1C. The highest BCUT2D eigenvalue weighted by atomic mass is 16.5. The molecule has 1 fully saturated rings. The highest BCUT2D eigenvalue weighted by Crippen LogP contribution is 2.24. The molecule has 1 amide bonds. The topological polar surface area (TPSA) is 46.6 Å². The van der Waals surface area contributed by atoms with Crippen LogP contribution in [0.2, 0.25) is 0 Å². The van der Waals surface area contributed by atoms with Crippen molar-refractivity contribution in [2.75, 3.05) is 13.7 Å². The van der Waals surface area contributed by atoms with Crippen molar-refractivity contribution < 1.29 is 14.3 Å². The van der Waals surface area contributed by atoms with Crippen LogP contribution >= 0.6 is 0 Å². The zero-order chi connectivity index (χ0) is 10.0. The van der Waals surface area contributed by atoms with E-state index in [0.29, 0.717) is 13.0 Å². The first-order valence-corrected chi connectivity index (χ1v) is 4.43. The molecule has 2 unspecified atom stereocenters. The summed E-state index contributed by atoms with van der Waals surface area (Å²) in [5.74, 6) is -0.330. The van der Waals surface area contributed by atoms with E-state index in [-0.39, 0.29) is 23.8 Å². The summed E-state index contributed by atoms with van der Waals surface area (Å²) in [7, 11) is 1.38. The lowest BCUT2D eigenvalue weighted by atomic mass is 10.0. The van der Waals surface area contributed by atoms with Crippen LogP contribution < -0.4 is 0 Å². The Hall–Kier alpha value is -1.06. The molecular formula is C9H15NO3. The highest BCUT2D eigenvalue weighted by Gasteiger charge is 2.37. The zero-order valence-electron chi connectivity index (χ0n) is 8.24. The molecule has 0 aromatic rings. The average molecular weight is 185 g/mol. The molecular weight excluding hydrogens is 170 g/mol. The smallest absolute Gasteiger partial charge is 0.310 e. The molecule has 0 aromatic heterocycles. The van der Waals surface area contributed by atoms with Gasteiger partial charge in [0, 0.05) is 19.5 Å². The number of methoxy groups -OCH3 is 1. The Bertz CT molecular complexity index is 227. The zero-order valence-corrected chi connectivity index (χ0v) is 8.24. The summed E-state index contributed by atoms with van der Waals surface area (Å²) in [5, 5.41) is 0. The fourth-order valence-electron chi connectivity index (χ4n) is 1.85. The van der Waals surface area contributed by atoms with Crippen LogP contribution in [0.25, 0.3) is 0 Å². The van der Waals surface area contributed by atoms with E-state index in [1.165, 1.54) is 14.0 Å². The van der Waals surface area contributed by atoms with Crippen LogP contribution in [0, 0.1) is 5.92 Å². The van der Waals surface area contributed by atoms with Crippen molar-refractivity contribution in [3.05, 3.63) is 0 Å². The fraction of sp³-hybridized carbons (Fsp3) is 0.778. The van der Waals surface area contributed by atoms with Gasteiger partial charge in [0.25, 0.3) is 0 Å². The van der Waals surface area contributed by atoms with Gasteiger partial charge in [0.2, 0.25) is 5.91 Å². The number of ether oxygens (including phenoxy) is 1. The quantitative estimate of drug-likeness (QED) is 0.556. The van der Waals surface area contributed by atoms with Crippen molar-refractivity contribution in [3.8, 4) is 0 Å². The molecule has 2 atom stereocenters. The van der Waals surface area contributed by atoms with E-state index in [1.54, 1.807) is 4.90 Å². The Morgan fingerprint density at radius 2 is 2.08 bits per heavy atom. The number of esters is 1. The second-order valence-corrected chi connectivity index (χ2v) is 3.37. The standard InChI is InChI=1S/C9H15NO3/c1-6-8(9(12)13-3)4-5-10(6)7(2)11/h6,8H,4-5H2,1-3H3. The molecule has 4 nitrogen and oxygen atoms in total. The van der Waals surface area contributed by atoms with E-state index in [4.69, 9.17) is 0 Å². The predicted octanol–water partition coefficient (Wildman–Crippen LogP) is 0.416. The summed E-state index contributed by atoms with van der Waals surface area (Å²) in [6.45, 7) is 4.07. The van der Waals surface area contributed by atoms with E-state index in [0.717, 1.165) is 0 Å². The van der Waals surface area contributed by atoms with Crippen LogP contribution in [0.3, 0.4) is 0 Å². The van der Waals surface area contributed by atoms with Gasteiger partial charge in [-0.1, -0.05) is 0 Å². The summed E-state index contributed by atoms with van der Waals surface area (Å²) in [6.07, 6.45) is 0.716. The third-order valence-electron chi connectivity index (χ3n) is 2.66. The molecule has 1 aliphatic heterocycles. The van der Waals surface area contributed by atoms with Crippen LogP contribution in [0.4, 0.5) is 0 Å². The van der Waals surface area contributed by atoms with Gasteiger partial charge in [0.05, 0.1) is 13.0 Å². The number of likely N-dealkylation sites (tertiary alicyclic amines) is 1. The van der Waals surface area contributed by atoms with Crippen molar-refractivity contribution in [1.82, 2.24) is 4.90 Å². The number of carbonyl (C=O) groups excluding carboxylic acids is 2. The number of hydrogen-bond donors (Lipinski definition) is 0. The Balaban J connectivity index is 2.65. The summed E-state index contributed by atoms with van der Waals surface area (Å²) in [4.78, 5) is 24.0. The number of hydrogen-bond acceptors (Lipinski definition) is 3. The third-order valence-corrected chi connectivity index (χ3v) is 2.66. The van der Waals surface area contributed by atoms with Gasteiger partial charge in [-0.15, -0.1) is 0 Å². The molecule has 0 aromatic carbocycles. The molecule has 0 spiro atoms. The molecule has 1 aliphatic rings. The first-order chi connectivity index (χ1) is 6.07. The lowest BCUT2D eigenvalue weighted by Gasteiger charge is -2.21. The maximum atomic E-state index is 11.2. The van der Waals surface area contributed by atoms with E-state index in [1.807, 2.05) is 6.92 Å². The van der Waals surface area contributed by atoms with Crippen molar-refractivity contribution in [3.63, 3.8) is 0 Å². The van der Waals surface area contributed by atoms with Gasteiger partial charge in [0.15, 0.2) is 0 Å². The van der Waals surface area contributed by atoms with Crippen LogP contribution in [0.5, 0.6) is 0 Å². The van der Waals surface area contributed by atoms with Gasteiger partial charge in [0.1, 0.15) is 0 Å². The summed E-state index contributed by atoms with van der Waals surface area (Å²) in [6, 6.07) is -0.0232. The summed E-state index contributed by atoms with van der Waals surface area (Å²) in [5.41, 5.74) is 0. The van der Waals surface area contributed by atoms with Crippen molar-refractivity contribution in [2.45, 2.75) is 26.3 Å². The third kappa shape index (κ3) is 1.82. The fourth-order valence-corrected chi connectivity index (χ4v) is 1.85. The number of carbonyl (C=O) groups is 2. The van der Waals surface area contributed by atoms with Crippen LogP contribution in [-0.4, -0.2) is 36.5 Å². The van der Waals surface area contributed by atoms with E-state index >= 15 is 0 Å². The van der Waals surface area contributed by atoms with Gasteiger partial charge < -0.3 is 9.64 Å². The first kappa shape index (κ1) is 10.0. The summed E-state index contributed by atoms with van der Waals surface area (Å²) >= 11 is 0. The van der Waals surface area contributed by atoms with E-state index in [2.05, 4.69) is 4.74 Å². The van der Waals surface area contributed by atoms with Gasteiger partial charge in [-0.05, 0) is 13.3 Å². The lowest BCUT2D eigenvalue weighted by Crippen LogP contribution is -2.36. The molecule has 0 bridgehead atoms. The molecule has 0 aliphatic carbocycles. The highest BCUT2D eigenvalue weighted by molar-refractivity contribution is 5.78. The molecule has 74 valence electrons. The molecule has 13 heavy (non-hydrogen) atoms. The van der Waals surface area contributed by atoms with Gasteiger partial charge >= 0.3 is 5.97 Å². The minimum atomic E-state index is -0.212. The molecule has 1 saturated heterocycles. The second kappa shape index (κ2) is 3.77. The Kier molecular flexibility index (Phi) is 2.90. The second-order valence-electron chi connectivity index (χ2n) is 3.37. The lowest BCUT2D eigenvalue weighted by molar-refractivity contribution is -0.146. The van der Waals surface area contributed by atoms with Crippen LogP contribution in [0.15, 0.2) is 0 Å². The monoisotopic (exact) mass is 185 g/mol. The van der Waals surface area contributed by atoms with Crippen molar-refractivity contribution in [2.24, 2.45) is 5.92 Å². The van der Waals surface area contributed by atoms with Crippen LogP contribution in [-0.2, 0) is 14.3 Å². The van der Waals surface area contributed by atoms with Crippen molar-refractivity contribution >= 4 is 11.9 Å². The Morgan fingerprint density at radius 3 is 2.46 bits per heavy atom. The van der Waals surface area contributed by atoms with E-state index < -0.39 is 0 Å². The number of rotatable bonds is 1. The van der Waals surface area contributed by atoms with Crippen LogP contribution in [0.1, 0.15) is 20.3 Å². The normalized spacial score (nSPS) is 27.5. The minimum absolute atomic E-state index is 0.0232. The minimum Gasteiger partial charge on any atom is -0.469 e. The average Bonchev–Trinajstić information content (AvgIpc) is 2.46. The molecule has 1 rings (SSSR count). The van der Waals surface area contributed by atoms with Gasteiger partial charge in [-0.25, -0.2) is 0 Å². The molecule has 4 heteroatoms. The Morgan fingerprint density at radius 1 is 1.46 bits per heavy atom. The Labute approximate surface area is 77.8 Å². The molecule has 0 N–H and O–H groups in total. The van der Waals surface area contributed by atoms with E-state index in [9.17, 15) is 9.59 Å².